The van der Waals surface area contributed by atoms with Gasteiger partial charge in [0.05, 0.1) is 58.9 Å². The molecule has 0 bridgehead atoms. The van der Waals surface area contributed by atoms with Crippen molar-refractivity contribution in [3.63, 3.8) is 0 Å². The van der Waals surface area contributed by atoms with E-state index in [1.165, 1.54) is 97.1 Å². The molecular weight excluding hydrogens is 1340 g/mol. The number of guanidine groups is 2. The Balaban J connectivity index is 1.22. The molecule has 0 saturated heterocycles. The number of aromatic hydroxyl groups is 1. The third kappa shape index (κ3) is 19.4. The molecule has 102 heavy (non-hydrogen) atoms. The zero-order chi connectivity index (χ0) is 74.1. The number of fused-ring (bicyclic) bond motifs is 3. The van der Waals surface area contributed by atoms with Crippen LogP contribution in [0, 0.1) is 10.8 Å². The van der Waals surface area contributed by atoms with Gasteiger partial charge in [0.1, 0.15) is 48.0 Å². The molecule has 8 aromatic rings. The number of hydrogen-bond donors (Lipinski definition) is 19. The summed E-state index contributed by atoms with van der Waals surface area (Å²) in [6.07, 6.45) is 0.211. The number of phenols is 1. The van der Waals surface area contributed by atoms with Gasteiger partial charge in [-0.25, -0.2) is 19.2 Å². The lowest BCUT2D eigenvalue weighted by Crippen LogP contribution is -2.63. The molecule has 0 spiro atoms. The van der Waals surface area contributed by atoms with Crippen LogP contribution in [0.3, 0.4) is 0 Å². The van der Waals surface area contributed by atoms with Crippen molar-refractivity contribution in [2.45, 2.75) is 107 Å². The molecule has 8 amide bonds. The number of H-pyrrole nitrogens is 4. The molecule has 0 aliphatic carbocycles. The summed E-state index contributed by atoms with van der Waals surface area (Å²) in [5.74, 6) is -10.9. The van der Waals surface area contributed by atoms with Gasteiger partial charge in [-0.3, -0.25) is 91.6 Å². The number of para-hydroxylation sites is 3. The number of nitrogens with two attached hydrogens (primary N) is 3. The minimum atomic E-state index is -2.32. The number of benzene rings is 4. The van der Waals surface area contributed by atoms with Crippen LogP contribution in [-0.4, -0.2) is 158 Å². The lowest BCUT2D eigenvalue weighted by atomic mass is 10.0. The molecule has 4 aromatic carbocycles. The molecule has 4 aromatic heterocycles. The van der Waals surface area contributed by atoms with Gasteiger partial charge in [-0.1, -0.05) is 48.5 Å². The Morgan fingerprint density at radius 3 is 1.17 bits per heavy atom. The normalized spacial score (nSPS) is 13.2. The Labute approximate surface area is 572 Å². The standard InChI is InChI=1S/C63H72N22O17/c1-31(86)71-41(17-9-24-70-59(67)68)49(90)74-43(27-82-25-22-47(88)81-60(82)99)51(92)73-42(26-32-18-20-33(87)21-19-32)50(91)75-45(29-84-56(97)35-11-3-6-14-38(35)79-62(84)101)53(94)77-46(30-85-57(98)36-12-4-7-15-39(36)80-63(85)102)54(95)76-44(52(93)72-40(48(64)89)16-8-23-69-58(65)66)28-83-55(96)34-10-2-5-13-37(34)78-61(83)100/h2-7,10-15,18-22,25,40-46,87H,8-9,16-17,23-24,26-30H2,1H3,(H2,64,89)(H,71,86)(H,72,93)(H,73,92)(H,74,90)(H,75,91)(H,76,95)(H,77,94)(H,78,100)(H,79,101)(H,80,102)(H4,65,66,69)(H4,67,68,70)(H,81,88,99)/t40-,41-,42-,43+,44+,45+,46+/m0/s1. The molecule has 39 nitrogen and oxygen atoms in total. The van der Waals surface area contributed by atoms with Crippen LogP contribution in [-0.2, 0) is 71.0 Å². The summed E-state index contributed by atoms with van der Waals surface area (Å²) in [6.45, 7) is -3.01. The molecule has 0 fully saturated rings. The highest BCUT2D eigenvalue weighted by atomic mass is 16.3. The van der Waals surface area contributed by atoms with Gasteiger partial charge in [0.2, 0.25) is 47.3 Å². The minimum Gasteiger partial charge on any atom is -0.508 e. The summed E-state index contributed by atoms with van der Waals surface area (Å²) in [6, 6.07) is 9.33. The van der Waals surface area contributed by atoms with Crippen LogP contribution in [0.25, 0.3) is 32.7 Å². The van der Waals surface area contributed by atoms with Crippen molar-refractivity contribution in [3.8, 4) is 5.75 Å². The van der Waals surface area contributed by atoms with E-state index in [1.54, 1.807) is 0 Å². The van der Waals surface area contributed by atoms with Crippen LogP contribution in [0.5, 0.6) is 5.75 Å². The number of nitrogens with zero attached hydrogens (tertiary/aromatic N) is 4. The van der Waals surface area contributed by atoms with Crippen LogP contribution >= 0.6 is 0 Å². The van der Waals surface area contributed by atoms with Gasteiger partial charge in [-0.2, -0.15) is 0 Å². The fourth-order valence-corrected chi connectivity index (χ4v) is 10.8. The van der Waals surface area contributed by atoms with E-state index < -0.39 is 179 Å². The Hall–Kier alpha value is -13.5. The molecule has 0 aliphatic rings. The third-order valence-corrected chi connectivity index (χ3v) is 15.9. The van der Waals surface area contributed by atoms with Gasteiger partial charge < -0.3 is 85.1 Å². The first kappa shape index (κ1) is 74.3. The van der Waals surface area contributed by atoms with Crippen LogP contribution in [0.2, 0.25) is 0 Å². The number of aromatic nitrogens is 8. The molecule has 22 N–H and O–H groups in total. The summed E-state index contributed by atoms with van der Waals surface area (Å²) in [5.41, 5.74) is 8.27. The second-order valence-corrected chi connectivity index (χ2v) is 23.3. The van der Waals surface area contributed by atoms with Crippen molar-refractivity contribution in [2.24, 2.45) is 17.2 Å². The van der Waals surface area contributed by atoms with Crippen molar-refractivity contribution in [3.05, 3.63) is 198 Å². The van der Waals surface area contributed by atoms with Crippen LogP contribution in [0.1, 0.15) is 38.2 Å². The number of phenolic OH excluding ortho intramolecular Hbond substituents is 1. The minimum absolute atomic E-state index is 0.000810. The van der Waals surface area contributed by atoms with Gasteiger partial charge in [0.15, 0.2) is 11.9 Å². The quantitative estimate of drug-likeness (QED) is 0.0106. The summed E-state index contributed by atoms with van der Waals surface area (Å²) >= 11 is 0. The topological polar surface area (TPSA) is 610 Å². The molecule has 39 heteroatoms. The predicted octanol–water partition coefficient (Wildman–Crippen LogP) is -6.98. The van der Waals surface area contributed by atoms with Gasteiger partial charge in [0.25, 0.3) is 22.2 Å². The molecule has 0 radical (unpaired) electrons. The number of carbonyl (C=O) groups excluding carboxylic acids is 8. The Morgan fingerprint density at radius 2 is 0.784 bits per heavy atom. The van der Waals surface area contributed by atoms with Gasteiger partial charge in [0, 0.05) is 38.7 Å². The van der Waals surface area contributed by atoms with Crippen molar-refractivity contribution < 1.29 is 43.5 Å². The average molecular weight is 1410 g/mol. The largest absolute Gasteiger partial charge is 0.508 e. The summed E-state index contributed by atoms with van der Waals surface area (Å²) < 4.78 is 2.28. The van der Waals surface area contributed by atoms with E-state index >= 15 is 14.4 Å². The molecule has 8 rings (SSSR count). The number of nitrogens with one attached hydrogen (secondary N) is 15. The fraction of sp³-hybridized carbons (Fsp3) is 0.302. The number of rotatable bonds is 32. The Kier molecular flexibility index (Phi) is 24.5. The zero-order valence-electron chi connectivity index (χ0n) is 54.2. The van der Waals surface area contributed by atoms with Crippen molar-refractivity contribution in [2.75, 3.05) is 13.1 Å². The molecule has 536 valence electrons. The van der Waals surface area contributed by atoms with E-state index in [0.29, 0.717) is 13.7 Å². The van der Waals surface area contributed by atoms with E-state index in [4.69, 9.17) is 28.0 Å². The fourth-order valence-electron chi connectivity index (χ4n) is 10.8. The predicted molar refractivity (Wildman–Crippen MR) is 366 cm³/mol. The van der Waals surface area contributed by atoms with Gasteiger partial charge >= 0.3 is 22.8 Å². The van der Waals surface area contributed by atoms with E-state index in [0.717, 1.165) is 23.8 Å². The third-order valence-electron chi connectivity index (χ3n) is 15.9. The number of aromatic amines is 4. The van der Waals surface area contributed by atoms with Crippen molar-refractivity contribution in [1.82, 2.24) is 86.1 Å². The first-order chi connectivity index (χ1) is 48.5. The second kappa shape index (κ2) is 33.6. The maximum Gasteiger partial charge on any atom is 0.328 e. The highest BCUT2D eigenvalue weighted by molar-refractivity contribution is 5.98. The van der Waals surface area contributed by atoms with Crippen LogP contribution in [0.15, 0.2) is 148 Å². The Bertz CT molecular complexity index is 5070. The number of primary amides is 1. The highest BCUT2D eigenvalue weighted by Crippen LogP contribution is 2.14. The molecule has 0 saturated carbocycles. The first-order valence-corrected chi connectivity index (χ1v) is 31.3. The summed E-state index contributed by atoms with van der Waals surface area (Å²) in [7, 11) is 0. The maximum absolute atomic E-state index is 15.5. The first-order valence-electron chi connectivity index (χ1n) is 31.3. The number of hydrogen-bond acceptors (Lipinski definition) is 19. The summed E-state index contributed by atoms with van der Waals surface area (Å²) in [5, 5.41) is 46.8. The smallest absolute Gasteiger partial charge is 0.328 e. The SMILES string of the molecule is CC(=O)N[C@@H](CCCNC(=N)N)C(=O)N[C@H](Cn1ccc(=O)[nH]c1=O)C(=O)N[C@@H](Cc1ccc(O)cc1)C(=O)N[C@H](Cn1c(=O)[nH]c2ccccc2c1=O)C(=O)N[C@H](Cn1c(=O)[nH]c2ccccc2c1=O)C(=O)N[C@H](Cn1c(=O)[nH]c2ccccc2c1=O)C(=O)N[C@@H](CCCNC(=N)N)C(N)=O. The van der Waals surface area contributed by atoms with Gasteiger partial charge in [-0.05, 0) is 79.8 Å². The lowest BCUT2D eigenvalue weighted by Gasteiger charge is -2.28. The lowest BCUT2D eigenvalue weighted by molar-refractivity contribution is -0.136. The van der Waals surface area contributed by atoms with Crippen molar-refractivity contribution in [1.29, 1.82) is 10.8 Å². The maximum atomic E-state index is 15.5. The highest BCUT2D eigenvalue weighted by Gasteiger charge is 2.37. The van der Waals surface area contributed by atoms with Crippen LogP contribution < -0.4 is 110 Å². The monoisotopic (exact) mass is 1410 g/mol. The second-order valence-electron chi connectivity index (χ2n) is 23.3. The Morgan fingerprint density at radius 1 is 0.431 bits per heavy atom. The van der Waals surface area contributed by atoms with E-state index in [9.17, 15) is 67.4 Å². The molecule has 0 aliphatic heterocycles. The van der Waals surface area contributed by atoms with E-state index in [1.807, 2.05) is 4.98 Å². The molecule has 0 unspecified atom stereocenters. The molecule has 7 atom stereocenters. The molecule has 4 heterocycles. The summed E-state index contributed by atoms with van der Waals surface area (Å²) in [4.78, 5) is 235. The van der Waals surface area contributed by atoms with E-state index in [-0.39, 0.29) is 82.8 Å². The van der Waals surface area contributed by atoms with E-state index in [2.05, 4.69) is 62.8 Å². The number of amides is 8. The van der Waals surface area contributed by atoms with Crippen molar-refractivity contribution >= 4 is 91.9 Å². The zero-order valence-corrected chi connectivity index (χ0v) is 54.2. The number of carbonyl (C=O) groups is 8. The average Bonchev–Trinajstić information content (AvgIpc) is 0.817. The van der Waals surface area contributed by atoms with Crippen LogP contribution in [0.4, 0.5) is 0 Å². The molecular formula is C63H72N22O17. The van der Waals surface area contributed by atoms with Gasteiger partial charge in [-0.15, -0.1) is 0 Å².